The van der Waals surface area contributed by atoms with Gasteiger partial charge >= 0.3 is 6.09 Å². The molecular formula is C19H29N3O6. The molecule has 0 saturated carbocycles. The van der Waals surface area contributed by atoms with Gasteiger partial charge in [0.15, 0.2) is 0 Å². The van der Waals surface area contributed by atoms with Crippen molar-refractivity contribution in [1.82, 2.24) is 10.6 Å². The Kier molecular flexibility index (Phi) is 9.97. The molecule has 0 aliphatic heterocycles. The maximum absolute atomic E-state index is 11.8. The molecule has 0 fully saturated rings. The average molecular weight is 395 g/mol. The van der Waals surface area contributed by atoms with Crippen LogP contribution in [0.15, 0.2) is 24.3 Å². The SMILES string of the molecule is COCCOCC(=O)Nc1ccc(CNC(=O)CNC(=O)OC(C)(C)C)cc1. The zero-order valence-corrected chi connectivity index (χ0v) is 16.8. The minimum Gasteiger partial charge on any atom is -0.444 e. The number of carbonyl (C=O) groups excluding carboxylic acids is 3. The number of carbonyl (C=O) groups is 3. The molecular weight excluding hydrogens is 366 g/mol. The molecule has 1 aromatic rings. The van der Waals surface area contributed by atoms with Gasteiger partial charge in [0.25, 0.3) is 0 Å². The number of methoxy groups -OCH3 is 1. The zero-order chi connectivity index (χ0) is 21.0. The standard InChI is InChI=1S/C19H29N3O6/c1-19(2,3)28-18(25)21-12-16(23)20-11-14-5-7-15(8-6-14)22-17(24)13-27-10-9-26-4/h5-8H,9-13H2,1-4H3,(H,20,23)(H,21,25)(H,22,24). The fourth-order valence-electron chi connectivity index (χ4n) is 1.94. The highest BCUT2D eigenvalue weighted by atomic mass is 16.6. The lowest BCUT2D eigenvalue weighted by molar-refractivity contribution is -0.121. The molecule has 9 nitrogen and oxygen atoms in total. The first-order valence-corrected chi connectivity index (χ1v) is 8.88. The molecule has 0 saturated heterocycles. The number of ether oxygens (including phenoxy) is 3. The van der Waals surface area contributed by atoms with Gasteiger partial charge < -0.3 is 30.2 Å². The van der Waals surface area contributed by atoms with E-state index in [9.17, 15) is 14.4 Å². The third-order valence-electron chi connectivity index (χ3n) is 3.18. The maximum Gasteiger partial charge on any atom is 0.408 e. The van der Waals surface area contributed by atoms with E-state index < -0.39 is 11.7 Å². The molecule has 1 rings (SSSR count). The third kappa shape index (κ3) is 11.1. The summed E-state index contributed by atoms with van der Waals surface area (Å²) in [5.41, 5.74) is 0.857. The van der Waals surface area contributed by atoms with Crippen molar-refractivity contribution in [2.45, 2.75) is 32.9 Å². The summed E-state index contributed by atoms with van der Waals surface area (Å²) in [6, 6.07) is 7.02. The third-order valence-corrected chi connectivity index (χ3v) is 3.18. The number of alkyl carbamates (subject to hydrolysis) is 1. The van der Waals surface area contributed by atoms with Crippen molar-refractivity contribution in [2.24, 2.45) is 0 Å². The molecule has 0 aromatic heterocycles. The van der Waals surface area contributed by atoms with Crippen LogP contribution in [-0.2, 0) is 30.3 Å². The predicted octanol–water partition coefficient (Wildman–Crippen LogP) is 1.43. The van der Waals surface area contributed by atoms with Crippen molar-refractivity contribution in [2.75, 3.05) is 38.8 Å². The molecule has 0 aliphatic carbocycles. The summed E-state index contributed by atoms with van der Waals surface area (Å²) in [6.45, 7) is 6.08. The summed E-state index contributed by atoms with van der Waals surface area (Å²) in [5, 5.41) is 7.79. The van der Waals surface area contributed by atoms with E-state index in [-0.39, 0.29) is 25.0 Å². The molecule has 1 aromatic carbocycles. The summed E-state index contributed by atoms with van der Waals surface area (Å²) in [4.78, 5) is 35.0. The van der Waals surface area contributed by atoms with Crippen molar-refractivity contribution in [3.05, 3.63) is 29.8 Å². The van der Waals surface area contributed by atoms with Crippen LogP contribution in [0.3, 0.4) is 0 Å². The first kappa shape index (κ1) is 23.4. The second-order valence-corrected chi connectivity index (χ2v) is 6.92. The lowest BCUT2D eigenvalue weighted by atomic mass is 10.2. The summed E-state index contributed by atoms with van der Waals surface area (Å²) < 4.78 is 15.0. The van der Waals surface area contributed by atoms with Crippen LogP contribution >= 0.6 is 0 Å². The van der Waals surface area contributed by atoms with Gasteiger partial charge in [0.1, 0.15) is 18.8 Å². The smallest absolute Gasteiger partial charge is 0.408 e. The maximum atomic E-state index is 11.8. The van der Waals surface area contributed by atoms with Gasteiger partial charge in [-0.15, -0.1) is 0 Å². The second-order valence-electron chi connectivity index (χ2n) is 6.92. The van der Waals surface area contributed by atoms with Crippen molar-refractivity contribution < 1.29 is 28.6 Å². The normalized spacial score (nSPS) is 10.9. The molecule has 0 unspecified atom stereocenters. The van der Waals surface area contributed by atoms with E-state index in [1.54, 1.807) is 52.1 Å². The minimum absolute atomic E-state index is 0.0498. The highest BCUT2D eigenvalue weighted by molar-refractivity contribution is 5.91. The van der Waals surface area contributed by atoms with Crippen LogP contribution in [0.25, 0.3) is 0 Å². The van der Waals surface area contributed by atoms with Gasteiger partial charge in [-0.05, 0) is 38.5 Å². The van der Waals surface area contributed by atoms with Crippen LogP contribution in [-0.4, -0.2) is 57.0 Å². The molecule has 156 valence electrons. The van der Waals surface area contributed by atoms with Crippen LogP contribution in [0.2, 0.25) is 0 Å². The van der Waals surface area contributed by atoms with E-state index in [1.807, 2.05) is 0 Å². The molecule has 0 aliphatic rings. The average Bonchev–Trinajstić information content (AvgIpc) is 2.61. The Hall–Kier alpha value is -2.65. The van der Waals surface area contributed by atoms with Gasteiger partial charge in [0.2, 0.25) is 11.8 Å². The van der Waals surface area contributed by atoms with Crippen LogP contribution in [0.5, 0.6) is 0 Å². The quantitative estimate of drug-likeness (QED) is 0.516. The van der Waals surface area contributed by atoms with Gasteiger partial charge in [-0.2, -0.15) is 0 Å². The summed E-state index contributed by atoms with van der Waals surface area (Å²) in [6.07, 6.45) is -0.644. The van der Waals surface area contributed by atoms with Gasteiger partial charge in [0.05, 0.1) is 13.2 Å². The number of nitrogens with one attached hydrogen (secondary N) is 3. The van der Waals surface area contributed by atoms with Crippen LogP contribution in [0, 0.1) is 0 Å². The lowest BCUT2D eigenvalue weighted by Gasteiger charge is -2.19. The Bertz CT molecular complexity index is 640. The fraction of sp³-hybridized carbons (Fsp3) is 0.526. The highest BCUT2D eigenvalue weighted by Crippen LogP contribution is 2.09. The van der Waals surface area contributed by atoms with E-state index in [0.29, 0.717) is 25.4 Å². The van der Waals surface area contributed by atoms with Gasteiger partial charge in [-0.1, -0.05) is 12.1 Å². The summed E-state index contributed by atoms with van der Waals surface area (Å²) in [7, 11) is 1.56. The molecule has 9 heteroatoms. The summed E-state index contributed by atoms with van der Waals surface area (Å²) in [5.74, 6) is -0.596. The fourth-order valence-corrected chi connectivity index (χ4v) is 1.94. The van der Waals surface area contributed by atoms with Gasteiger partial charge in [-0.3, -0.25) is 9.59 Å². The van der Waals surface area contributed by atoms with Crippen LogP contribution in [0.1, 0.15) is 26.3 Å². The Morgan fingerprint density at radius 1 is 0.964 bits per heavy atom. The Morgan fingerprint density at radius 2 is 1.64 bits per heavy atom. The van der Waals surface area contributed by atoms with Crippen molar-refractivity contribution in [3.8, 4) is 0 Å². The molecule has 0 spiro atoms. The van der Waals surface area contributed by atoms with E-state index >= 15 is 0 Å². The highest BCUT2D eigenvalue weighted by Gasteiger charge is 2.16. The summed E-state index contributed by atoms with van der Waals surface area (Å²) >= 11 is 0. The monoisotopic (exact) mass is 395 g/mol. The molecule has 3 N–H and O–H groups in total. The van der Waals surface area contributed by atoms with Gasteiger partial charge in [0, 0.05) is 19.3 Å². The Balaban J connectivity index is 2.29. The molecule has 3 amide bonds. The van der Waals surface area contributed by atoms with Crippen LogP contribution in [0.4, 0.5) is 10.5 Å². The number of hydrogen-bond acceptors (Lipinski definition) is 6. The number of rotatable bonds is 10. The molecule has 0 atom stereocenters. The lowest BCUT2D eigenvalue weighted by Crippen LogP contribution is -2.39. The Labute approximate surface area is 165 Å². The zero-order valence-electron chi connectivity index (χ0n) is 16.8. The predicted molar refractivity (Wildman–Crippen MR) is 104 cm³/mol. The largest absolute Gasteiger partial charge is 0.444 e. The van der Waals surface area contributed by atoms with Gasteiger partial charge in [-0.25, -0.2) is 4.79 Å². The van der Waals surface area contributed by atoms with E-state index in [4.69, 9.17) is 14.2 Å². The molecule has 28 heavy (non-hydrogen) atoms. The van der Waals surface area contributed by atoms with Crippen molar-refractivity contribution in [1.29, 1.82) is 0 Å². The van der Waals surface area contributed by atoms with E-state index in [0.717, 1.165) is 5.56 Å². The van der Waals surface area contributed by atoms with Crippen LogP contribution < -0.4 is 16.0 Å². The minimum atomic E-state index is -0.644. The molecule has 0 heterocycles. The number of amides is 3. The molecule has 0 bridgehead atoms. The topological polar surface area (TPSA) is 115 Å². The second kappa shape index (κ2) is 11.9. The number of benzene rings is 1. The number of hydrogen-bond donors (Lipinski definition) is 3. The van der Waals surface area contributed by atoms with Crippen molar-refractivity contribution >= 4 is 23.6 Å². The Morgan fingerprint density at radius 3 is 2.25 bits per heavy atom. The van der Waals surface area contributed by atoms with E-state index in [1.165, 1.54) is 0 Å². The van der Waals surface area contributed by atoms with E-state index in [2.05, 4.69) is 16.0 Å². The number of anilines is 1. The van der Waals surface area contributed by atoms with Crippen molar-refractivity contribution in [3.63, 3.8) is 0 Å². The first-order valence-electron chi connectivity index (χ1n) is 8.88. The molecule has 0 radical (unpaired) electrons. The first-order chi connectivity index (χ1) is 13.2.